The third kappa shape index (κ3) is 6.25. The van der Waals surface area contributed by atoms with Gasteiger partial charge in [0.05, 0.1) is 6.20 Å². The lowest BCUT2D eigenvalue weighted by Gasteiger charge is -2.37. The highest BCUT2D eigenvalue weighted by molar-refractivity contribution is 6.17. The first-order valence-electron chi connectivity index (χ1n) is 13.7. The number of anilines is 2. The molecule has 1 aliphatic carbocycles. The van der Waals surface area contributed by atoms with Crippen LogP contribution < -0.4 is 15.1 Å². The summed E-state index contributed by atoms with van der Waals surface area (Å²) in [6, 6.07) is 9.07. The molecule has 3 amide bonds. The number of alkyl halides is 3. The lowest BCUT2D eigenvalue weighted by Crippen LogP contribution is -2.53. The largest absolute Gasteiger partial charge is 0.351 e. The molecule has 1 saturated carbocycles. The summed E-state index contributed by atoms with van der Waals surface area (Å²) in [6.07, 6.45) is 3.76. The van der Waals surface area contributed by atoms with Crippen LogP contribution in [0.15, 0.2) is 67.1 Å². The number of benzene rings is 2. The van der Waals surface area contributed by atoms with Crippen LogP contribution in [-0.4, -0.2) is 45.7 Å². The van der Waals surface area contributed by atoms with Crippen LogP contribution in [0.4, 0.5) is 24.7 Å². The molecule has 0 unspecified atom stereocenters. The minimum Gasteiger partial charge on any atom is -0.351 e. The lowest BCUT2D eigenvalue weighted by atomic mass is 9.91. The topological polar surface area (TPSA) is 95.5 Å². The molecule has 8 nitrogen and oxygen atoms in total. The quantitative estimate of drug-likeness (QED) is 0.354. The monoisotopic (exact) mass is 599 g/mol. The van der Waals surface area contributed by atoms with Crippen LogP contribution in [0.2, 0.25) is 0 Å². The molecule has 2 aromatic carbocycles. The Kier molecular flexibility index (Phi) is 8.77. The maximum Gasteiger partial charge on any atom is 0.251 e. The molecule has 1 saturated heterocycles. The summed E-state index contributed by atoms with van der Waals surface area (Å²) in [6.45, 7) is 0. The fraction of sp³-hybridized carbons (Fsp3) is 0.367. The van der Waals surface area contributed by atoms with Crippen molar-refractivity contribution in [3.63, 3.8) is 0 Å². The van der Waals surface area contributed by atoms with E-state index in [1.807, 2.05) is 0 Å². The van der Waals surface area contributed by atoms with Gasteiger partial charge in [-0.25, -0.2) is 18.2 Å². The van der Waals surface area contributed by atoms with Crippen molar-refractivity contribution < 1.29 is 27.6 Å². The molecule has 3 aromatic rings. The number of hydrogen-bond acceptors (Lipinski definition) is 5. The fourth-order valence-corrected chi connectivity index (χ4v) is 5.84. The van der Waals surface area contributed by atoms with Crippen molar-refractivity contribution in [1.29, 1.82) is 0 Å². The van der Waals surface area contributed by atoms with Gasteiger partial charge in [0.15, 0.2) is 5.82 Å². The molecule has 0 bridgehead atoms. The van der Waals surface area contributed by atoms with Crippen LogP contribution in [0.5, 0.6) is 0 Å². The van der Waals surface area contributed by atoms with E-state index in [-0.39, 0.29) is 61.8 Å². The van der Waals surface area contributed by atoms with Gasteiger partial charge in [0, 0.05) is 49.3 Å². The SMILES string of the molecule is O=C(NC1CCC(F)(F)CC1)[C@H](c1ccccc1CCl)N(C(=O)[C@@H]1CCC(=O)N1c1cnccn1)c1cccc(F)c1. The Morgan fingerprint density at radius 3 is 2.55 bits per heavy atom. The number of nitrogens with one attached hydrogen (secondary N) is 1. The Hall–Kier alpha value is -3.99. The summed E-state index contributed by atoms with van der Waals surface area (Å²) in [5.74, 6) is -4.88. The van der Waals surface area contributed by atoms with Gasteiger partial charge in [-0.05, 0) is 48.6 Å². The van der Waals surface area contributed by atoms with E-state index in [1.54, 1.807) is 24.3 Å². The van der Waals surface area contributed by atoms with E-state index in [2.05, 4.69) is 15.3 Å². The van der Waals surface area contributed by atoms with Gasteiger partial charge in [-0.2, -0.15) is 0 Å². The average Bonchev–Trinajstić information content (AvgIpc) is 3.38. The zero-order valence-corrected chi connectivity index (χ0v) is 23.3. The second-order valence-electron chi connectivity index (χ2n) is 10.4. The van der Waals surface area contributed by atoms with Crippen LogP contribution >= 0.6 is 11.6 Å². The molecule has 1 aliphatic heterocycles. The third-order valence-corrected chi connectivity index (χ3v) is 7.97. The average molecular weight is 600 g/mol. The van der Waals surface area contributed by atoms with Crippen molar-refractivity contribution >= 4 is 40.8 Å². The van der Waals surface area contributed by atoms with E-state index in [9.17, 15) is 27.6 Å². The van der Waals surface area contributed by atoms with Crippen molar-refractivity contribution in [2.45, 2.75) is 68.5 Å². The van der Waals surface area contributed by atoms with Gasteiger partial charge >= 0.3 is 0 Å². The Bertz CT molecular complexity index is 1450. The Morgan fingerprint density at radius 2 is 1.86 bits per heavy atom. The first kappa shape index (κ1) is 29.5. The van der Waals surface area contributed by atoms with E-state index < -0.39 is 41.7 Å². The number of hydrogen-bond donors (Lipinski definition) is 1. The molecule has 2 fully saturated rings. The van der Waals surface area contributed by atoms with Crippen LogP contribution in [0.25, 0.3) is 0 Å². The van der Waals surface area contributed by atoms with Gasteiger partial charge in [-0.1, -0.05) is 30.3 Å². The highest BCUT2D eigenvalue weighted by Gasteiger charge is 2.45. The fourth-order valence-electron chi connectivity index (χ4n) is 5.60. The summed E-state index contributed by atoms with van der Waals surface area (Å²) in [5.41, 5.74) is 1.02. The smallest absolute Gasteiger partial charge is 0.251 e. The molecule has 42 heavy (non-hydrogen) atoms. The van der Waals surface area contributed by atoms with Crippen LogP contribution in [0.1, 0.15) is 55.7 Å². The molecule has 0 radical (unpaired) electrons. The zero-order valence-electron chi connectivity index (χ0n) is 22.6. The normalized spacial score (nSPS) is 19.4. The number of amides is 3. The highest BCUT2D eigenvalue weighted by Crippen LogP contribution is 2.37. The standard InChI is InChI=1S/C30H29ClF3N5O3/c31-17-19-4-1-2-7-23(19)27(28(41)37-21-10-12-30(33,34)13-11-21)38(22-6-3-5-20(32)16-22)29(42)24-8-9-26(40)39(24)25-18-35-14-15-36-25/h1-7,14-16,18,21,24,27H,8-13,17H2,(H,37,41)/t24-,27-/m0/s1. The van der Waals surface area contributed by atoms with Crippen molar-refractivity contribution in [3.8, 4) is 0 Å². The van der Waals surface area contributed by atoms with E-state index in [0.29, 0.717) is 11.1 Å². The first-order chi connectivity index (χ1) is 20.2. The number of aromatic nitrogens is 2. The third-order valence-electron chi connectivity index (χ3n) is 7.68. The van der Waals surface area contributed by atoms with Crippen molar-refractivity contribution in [2.24, 2.45) is 0 Å². The zero-order chi connectivity index (χ0) is 29.9. The summed E-state index contributed by atoms with van der Waals surface area (Å²) in [7, 11) is 0. The number of nitrogens with zero attached hydrogens (tertiary/aromatic N) is 4. The summed E-state index contributed by atoms with van der Waals surface area (Å²) >= 11 is 6.26. The number of rotatable bonds is 8. The number of carbonyl (C=O) groups excluding carboxylic acids is 3. The number of carbonyl (C=O) groups is 3. The predicted octanol–water partition coefficient (Wildman–Crippen LogP) is 5.32. The van der Waals surface area contributed by atoms with Gasteiger partial charge in [0.2, 0.25) is 17.7 Å². The van der Waals surface area contributed by atoms with Gasteiger partial charge in [0.25, 0.3) is 5.91 Å². The predicted molar refractivity (Wildman–Crippen MR) is 151 cm³/mol. The Balaban J connectivity index is 1.60. The van der Waals surface area contributed by atoms with E-state index in [4.69, 9.17) is 11.6 Å². The van der Waals surface area contributed by atoms with Gasteiger partial charge in [-0.3, -0.25) is 29.2 Å². The molecular formula is C30H29ClF3N5O3. The van der Waals surface area contributed by atoms with Crippen LogP contribution in [0, 0.1) is 5.82 Å². The number of halogens is 4. The van der Waals surface area contributed by atoms with Crippen molar-refractivity contribution in [1.82, 2.24) is 15.3 Å². The molecule has 0 spiro atoms. The molecule has 1 N–H and O–H groups in total. The molecule has 1 aromatic heterocycles. The van der Waals surface area contributed by atoms with Gasteiger partial charge < -0.3 is 5.32 Å². The highest BCUT2D eigenvalue weighted by atomic mass is 35.5. The molecule has 2 atom stereocenters. The Labute approximate surface area is 245 Å². The first-order valence-corrected chi connectivity index (χ1v) is 14.2. The molecule has 220 valence electrons. The van der Waals surface area contributed by atoms with E-state index >= 15 is 0 Å². The van der Waals surface area contributed by atoms with Gasteiger partial charge in [-0.15, -0.1) is 11.6 Å². The summed E-state index contributed by atoms with van der Waals surface area (Å²) < 4.78 is 42.3. The summed E-state index contributed by atoms with van der Waals surface area (Å²) in [5, 5.41) is 2.86. The van der Waals surface area contributed by atoms with Crippen molar-refractivity contribution in [2.75, 3.05) is 9.80 Å². The lowest BCUT2D eigenvalue weighted by molar-refractivity contribution is -0.128. The Morgan fingerprint density at radius 1 is 1.10 bits per heavy atom. The van der Waals surface area contributed by atoms with Crippen molar-refractivity contribution in [3.05, 3.63) is 84.1 Å². The van der Waals surface area contributed by atoms with Gasteiger partial charge in [0.1, 0.15) is 17.9 Å². The van der Waals surface area contributed by atoms with E-state index in [1.165, 1.54) is 46.6 Å². The second-order valence-corrected chi connectivity index (χ2v) is 10.7. The molecule has 12 heteroatoms. The molecular weight excluding hydrogens is 571 g/mol. The second kappa shape index (κ2) is 12.5. The minimum atomic E-state index is -2.80. The molecule has 2 heterocycles. The van der Waals surface area contributed by atoms with Crippen LogP contribution in [0.3, 0.4) is 0 Å². The maximum atomic E-state index is 14.6. The maximum absolute atomic E-state index is 14.6. The molecule has 5 rings (SSSR count). The van der Waals surface area contributed by atoms with E-state index in [0.717, 1.165) is 6.07 Å². The molecule has 2 aliphatic rings. The van der Waals surface area contributed by atoms with Crippen LogP contribution in [-0.2, 0) is 20.3 Å². The summed E-state index contributed by atoms with van der Waals surface area (Å²) in [4.78, 5) is 52.3. The minimum absolute atomic E-state index is 0.00836.